The van der Waals surface area contributed by atoms with E-state index in [1.54, 1.807) is 19.2 Å². The molecule has 0 bridgehead atoms. The second kappa shape index (κ2) is 14.2. The molecule has 1 aliphatic carbocycles. The zero-order valence-corrected chi connectivity index (χ0v) is 19.5. The number of halogens is 1. The molecule has 29 heavy (non-hydrogen) atoms. The first-order valence-electron chi connectivity index (χ1n) is 10.2. The molecular formula is C21H34IN5O2. The summed E-state index contributed by atoms with van der Waals surface area (Å²) < 4.78 is 0. The minimum Gasteiger partial charge on any atom is -0.368 e. The number of rotatable bonds is 9. The van der Waals surface area contributed by atoms with Gasteiger partial charge in [0.2, 0.25) is 5.91 Å². The van der Waals surface area contributed by atoms with E-state index in [0.717, 1.165) is 24.0 Å². The third kappa shape index (κ3) is 9.96. The molecule has 1 saturated carbocycles. The van der Waals surface area contributed by atoms with Crippen LogP contribution in [0.15, 0.2) is 29.3 Å². The summed E-state index contributed by atoms with van der Waals surface area (Å²) in [5.41, 5.74) is 6.56. The van der Waals surface area contributed by atoms with Crippen LogP contribution in [0, 0.1) is 5.92 Å². The van der Waals surface area contributed by atoms with Gasteiger partial charge in [-0.05, 0) is 36.5 Å². The zero-order chi connectivity index (χ0) is 20.2. The van der Waals surface area contributed by atoms with E-state index in [1.165, 1.54) is 44.9 Å². The fourth-order valence-corrected chi connectivity index (χ4v) is 3.52. The van der Waals surface area contributed by atoms with Crippen LogP contribution in [0.3, 0.4) is 0 Å². The van der Waals surface area contributed by atoms with Crippen LogP contribution in [0.1, 0.15) is 60.9 Å². The Balaban J connectivity index is 0.00000420. The van der Waals surface area contributed by atoms with Gasteiger partial charge in [-0.2, -0.15) is 0 Å². The Morgan fingerprint density at radius 3 is 2.38 bits per heavy atom. The molecule has 1 aliphatic rings. The van der Waals surface area contributed by atoms with Crippen molar-refractivity contribution in [1.29, 1.82) is 0 Å². The maximum atomic E-state index is 11.9. The molecule has 2 amide bonds. The van der Waals surface area contributed by atoms with Gasteiger partial charge in [0.25, 0.3) is 5.91 Å². The van der Waals surface area contributed by atoms with Gasteiger partial charge in [0.05, 0.1) is 6.54 Å². The summed E-state index contributed by atoms with van der Waals surface area (Å²) in [7, 11) is 1.77. The van der Waals surface area contributed by atoms with E-state index in [-0.39, 0.29) is 36.4 Å². The SMILES string of the molecule is CN=C(NCCCC1CCCCC1)NCc1ccc(C(=O)NCC(N)=O)cc1.I. The van der Waals surface area contributed by atoms with Crippen LogP contribution in [-0.4, -0.2) is 37.9 Å². The van der Waals surface area contributed by atoms with E-state index in [2.05, 4.69) is 20.9 Å². The number of aliphatic imine (C=N–C) groups is 1. The number of amides is 2. The minimum atomic E-state index is -0.563. The molecular weight excluding hydrogens is 481 g/mol. The highest BCUT2D eigenvalue weighted by atomic mass is 127. The lowest BCUT2D eigenvalue weighted by Gasteiger charge is -2.21. The molecule has 8 heteroatoms. The first-order valence-corrected chi connectivity index (χ1v) is 10.2. The molecule has 1 aromatic carbocycles. The van der Waals surface area contributed by atoms with Gasteiger partial charge in [0, 0.05) is 25.7 Å². The third-order valence-corrected chi connectivity index (χ3v) is 5.13. The summed E-state index contributed by atoms with van der Waals surface area (Å²) in [6.07, 6.45) is 9.45. The molecule has 162 valence electrons. The number of hydrogen-bond acceptors (Lipinski definition) is 3. The van der Waals surface area contributed by atoms with Crippen molar-refractivity contribution in [1.82, 2.24) is 16.0 Å². The molecule has 5 N–H and O–H groups in total. The molecule has 0 aromatic heterocycles. The Bertz CT molecular complexity index is 658. The summed E-state index contributed by atoms with van der Waals surface area (Å²) in [5, 5.41) is 9.13. The summed E-state index contributed by atoms with van der Waals surface area (Å²) >= 11 is 0. The summed E-state index contributed by atoms with van der Waals surface area (Å²) in [6, 6.07) is 7.21. The Kier molecular flexibility index (Phi) is 12.3. The molecule has 0 atom stereocenters. The van der Waals surface area contributed by atoms with Crippen molar-refractivity contribution >= 4 is 41.8 Å². The lowest BCUT2D eigenvalue weighted by molar-refractivity contribution is -0.117. The van der Waals surface area contributed by atoms with Crippen molar-refractivity contribution in [2.75, 3.05) is 20.1 Å². The minimum absolute atomic E-state index is 0. The van der Waals surface area contributed by atoms with Gasteiger partial charge in [0.15, 0.2) is 5.96 Å². The molecule has 0 radical (unpaired) electrons. The number of benzene rings is 1. The second-order valence-electron chi connectivity index (χ2n) is 7.34. The van der Waals surface area contributed by atoms with Crippen LogP contribution >= 0.6 is 24.0 Å². The Morgan fingerprint density at radius 1 is 1.07 bits per heavy atom. The largest absolute Gasteiger partial charge is 0.368 e. The molecule has 0 aliphatic heterocycles. The maximum Gasteiger partial charge on any atom is 0.251 e. The molecule has 7 nitrogen and oxygen atoms in total. The standard InChI is InChI=1S/C21H33N5O2.HI/c1-23-21(24-13-5-8-16-6-3-2-4-7-16)26-14-17-9-11-18(12-10-17)20(28)25-15-19(22)27;/h9-12,16H,2-8,13-15H2,1H3,(H2,22,27)(H,25,28)(H2,23,24,26);1H. The van der Waals surface area contributed by atoms with Crippen LogP contribution < -0.4 is 21.7 Å². The molecule has 0 spiro atoms. The summed E-state index contributed by atoms with van der Waals surface area (Å²) in [6.45, 7) is 1.38. The molecule has 1 aromatic rings. The van der Waals surface area contributed by atoms with Gasteiger partial charge >= 0.3 is 0 Å². The van der Waals surface area contributed by atoms with Crippen molar-refractivity contribution in [2.24, 2.45) is 16.6 Å². The van der Waals surface area contributed by atoms with Crippen LogP contribution in [0.25, 0.3) is 0 Å². The molecule has 0 saturated heterocycles. The van der Waals surface area contributed by atoms with E-state index in [4.69, 9.17) is 5.73 Å². The van der Waals surface area contributed by atoms with Crippen LogP contribution in [0.4, 0.5) is 0 Å². The lowest BCUT2D eigenvalue weighted by Crippen LogP contribution is -2.37. The van der Waals surface area contributed by atoms with Crippen molar-refractivity contribution in [3.05, 3.63) is 35.4 Å². The number of nitrogens with zero attached hydrogens (tertiary/aromatic N) is 1. The monoisotopic (exact) mass is 515 g/mol. The Morgan fingerprint density at radius 2 is 1.76 bits per heavy atom. The van der Waals surface area contributed by atoms with Crippen LogP contribution in [-0.2, 0) is 11.3 Å². The Labute approximate surface area is 190 Å². The number of nitrogens with one attached hydrogen (secondary N) is 3. The van der Waals surface area contributed by atoms with Crippen LogP contribution in [0.2, 0.25) is 0 Å². The average Bonchev–Trinajstić information content (AvgIpc) is 2.72. The molecule has 0 unspecified atom stereocenters. The number of carbonyl (C=O) groups is 2. The summed E-state index contributed by atoms with van der Waals surface area (Å²) in [5.74, 6) is 0.816. The first kappa shape index (κ1) is 25.2. The van der Waals surface area contributed by atoms with E-state index in [9.17, 15) is 9.59 Å². The van der Waals surface area contributed by atoms with E-state index in [1.807, 2.05) is 12.1 Å². The third-order valence-electron chi connectivity index (χ3n) is 5.13. The Hall–Kier alpha value is -1.84. The predicted octanol–water partition coefficient (Wildman–Crippen LogP) is 2.55. The van der Waals surface area contributed by atoms with Crippen molar-refractivity contribution in [2.45, 2.75) is 51.5 Å². The predicted molar refractivity (Wildman–Crippen MR) is 127 cm³/mol. The van der Waals surface area contributed by atoms with E-state index < -0.39 is 5.91 Å². The highest BCUT2D eigenvalue weighted by molar-refractivity contribution is 14.0. The summed E-state index contributed by atoms with van der Waals surface area (Å²) in [4.78, 5) is 26.9. The molecule has 2 rings (SSSR count). The fraction of sp³-hybridized carbons (Fsp3) is 0.571. The average molecular weight is 515 g/mol. The lowest BCUT2D eigenvalue weighted by atomic mass is 9.86. The number of guanidine groups is 1. The molecule has 0 heterocycles. The highest BCUT2D eigenvalue weighted by Crippen LogP contribution is 2.26. The van der Waals surface area contributed by atoms with Gasteiger partial charge < -0.3 is 21.7 Å². The second-order valence-corrected chi connectivity index (χ2v) is 7.34. The topological polar surface area (TPSA) is 109 Å². The van der Waals surface area contributed by atoms with Gasteiger partial charge in [-0.3, -0.25) is 14.6 Å². The smallest absolute Gasteiger partial charge is 0.251 e. The number of hydrogen-bond donors (Lipinski definition) is 4. The normalized spacial score (nSPS) is 14.6. The molecule has 1 fully saturated rings. The van der Waals surface area contributed by atoms with Crippen molar-refractivity contribution < 1.29 is 9.59 Å². The van der Waals surface area contributed by atoms with Crippen molar-refractivity contribution in [3.8, 4) is 0 Å². The quantitative estimate of drug-likeness (QED) is 0.176. The van der Waals surface area contributed by atoms with Gasteiger partial charge in [-0.25, -0.2) is 0 Å². The zero-order valence-electron chi connectivity index (χ0n) is 17.2. The fourth-order valence-electron chi connectivity index (χ4n) is 3.52. The van der Waals surface area contributed by atoms with Gasteiger partial charge in [-0.15, -0.1) is 24.0 Å². The first-order chi connectivity index (χ1) is 13.6. The van der Waals surface area contributed by atoms with Crippen LogP contribution in [0.5, 0.6) is 0 Å². The van der Waals surface area contributed by atoms with Gasteiger partial charge in [0.1, 0.15) is 0 Å². The number of primary amides is 1. The number of nitrogens with two attached hydrogens (primary N) is 1. The van der Waals surface area contributed by atoms with Gasteiger partial charge in [-0.1, -0.05) is 44.2 Å². The number of carbonyl (C=O) groups excluding carboxylic acids is 2. The maximum absolute atomic E-state index is 11.9. The highest BCUT2D eigenvalue weighted by Gasteiger charge is 2.12. The van der Waals surface area contributed by atoms with E-state index in [0.29, 0.717) is 12.1 Å². The van der Waals surface area contributed by atoms with E-state index >= 15 is 0 Å². The van der Waals surface area contributed by atoms with Crippen molar-refractivity contribution in [3.63, 3.8) is 0 Å².